The summed E-state index contributed by atoms with van der Waals surface area (Å²) < 4.78 is 21.8. The standard InChI is InChI=1S/C28H30N2O8/c1-3-36-28(32)16-21-9-11-25(35-2)26(15-21)38-24-12-10-23(30(33)34)17-22(24)18-29-14-13-27(31)37-19-20-7-5-4-6-8-20/h4-12,15,17,29H,3,13-14,16,18-19H2,1-2H3. The zero-order valence-corrected chi connectivity index (χ0v) is 21.3. The van der Waals surface area contributed by atoms with Crippen LogP contribution in [-0.4, -0.2) is 37.1 Å². The van der Waals surface area contributed by atoms with E-state index in [9.17, 15) is 19.7 Å². The summed E-state index contributed by atoms with van der Waals surface area (Å²) in [6.45, 7) is 2.71. The maximum atomic E-state index is 12.1. The van der Waals surface area contributed by atoms with E-state index in [1.807, 2.05) is 30.3 Å². The molecule has 0 aliphatic heterocycles. The lowest BCUT2D eigenvalue weighted by Crippen LogP contribution is -2.19. The van der Waals surface area contributed by atoms with Crippen LogP contribution in [0.1, 0.15) is 30.0 Å². The van der Waals surface area contributed by atoms with Gasteiger partial charge in [-0.05, 0) is 36.2 Å². The van der Waals surface area contributed by atoms with Gasteiger partial charge in [-0.1, -0.05) is 36.4 Å². The Hall–Kier alpha value is -4.44. The fourth-order valence-corrected chi connectivity index (χ4v) is 3.55. The summed E-state index contributed by atoms with van der Waals surface area (Å²) in [6, 6.07) is 18.7. The van der Waals surface area contributed by atoms with Crippen LogP contribution in [0, 0.1) is 10.1 Å². The van der Waals surface area contributed by atoms with Crippen molar-refractivity contribution in [2.45, 2.75) is 32.9 Å². The van der Waals surface area contributed by atoms with Gasteiger partial charge in [0.1, 0.15) is 12.4 Å². The summed E-state index contributed by atoms with van der Waals surface area (Å²) >= 11 is 0. The molecule has 0 spiro atoms. The van der Waals surface area contributed by atoms with Crippen molar-refractivity contribution in [2.24, 2.45) is 0 Å². The number of nitro benzene ring substituents is 1. The van der Waals surface area contributed by atoms with Crippen LogP contribution in [-0.2, 0) is 38.6 Å². The molecule has 38 heavy (non-hydrogen) atoms. The Labute approximate surface area is 220 Å². The second kappa shape index (κ2) is 14.3. The molecule has 10 heteroatoms. The van der Waals surface area contributed by atoms with Crippen LogP contribution in [0.4, 0.5) is 5.69 Å². The van der Waals surface area contributed by atoms with Gasteiger partial charge in [0, 0.05) is 30.8 Å². The molecule has 0 aliphatic carbocycles. The molecule has 0 unspecified atom stereocenters. The summed E-state index contributed by atoms with van der Waals surface area (Å²) in [5.74, 6) is 0.400. The average molecular weight is 523 g/mol. The summed E-state index contributed by atoms with van der Waals surface area (Å²) in [7, 11) is 1.49. The Kier molecular flexibility index (Phi) is 10.6. The highest BCUT2D eigenvalue weighted by Crippen LogP contribution is 2.35. The zero-order chi connectivity index (χ0) is 27.3. The summed E-state index contributed by atoms with van der Waals surface area (Å²) in [5, 5.41) is 14.5. The van der Waals surface area contributed by atoms with E-state index >= 15 is 0 Å². The zero-order valence-electron chi connectivity index (χ0n) is 21.3. The van der Waals surface area contributed by atoms with Crippen molar-refractivity contribution in [3.8, 4) is 17.2 Å². The van der Waals surface area contributed by atoms with Gasteiger partial charge in [0.05, 0.1) is 31.5 Å². The van der Waals surface area contributed by atoms with E-state index in [1.165, 1.54) is 25.3 Å². The highest BCUT2D eigenvalue weighted by molar-refractivity contribution is 5.73. The lowest BCUT2D eigenvalue weighted by molar-refractivity contribution is -0.384. The molecule has 0 bridgehead atoms. The monoisotopic (exact) mass is 522 g/mol. The molecule has 0 radical (unpaired) electrons. The van der Waals surface area contributed by atoms with Gasteiger partial charge in [-0.15, -0.1) is 0 Å². The third kappa shape index (κ3) is 8.59. The number of nitro groups is 1. The molecule has 0 aliphatic rings. The number of hydrogen-bond donors (Lipinski definition) is 1. The molecule has 200 valence electrons. The van der Waals surface area contributed by atoms with Gasteiger partial charge in [-0.2, -0.15) is 0 Å². The second-order valence-corrected chi connectivity index (χ2v) is 8.19. The van der Waals surface area contributed by atoms with Crippen molar-refractivity contribution >= 4 is 17.6 Å². The number of nitrogens with one attached hydrogen (secondary N) is 1. The Balaban J connectivity index is 1.66. The van der Waals surface area contributed by atoms with E-state index < -0.39 is 4.92 Å². The fourth-order valence-electron chi connectivity index (χ4n) is 3.55. The highest BCUT2D eigenvalue weighted by Gasteiger charge is 2.16. The molecule has 0 saturated carbocycles. The number of non-ortho nitro benzene ring substituents is 1. The van der Waals surface area contributed by atoms with Crippen LogP contribution in [0.2, 0.25) is 0 Å². The minimum absolute atomic E-state index is 0.0588. The number of nitrogens with zero attached hydrogens (tertiary/aromatic N) is 1. The summed E-state index contributed by atoms with van der Waals surface area (Å²) in [5.41, 5.74) is 1.97. The first kappa shape index (κ1) is 28.1. The van der Waals surface area contributed by atoms with Gasteiger partial charge in [0.2, 0.25) is 0 Å². The van der Waals surface area contributed by atoms with Gasteiger partial charge in [-0.25, -0.2) is 0 Å². The molecule has 0 heterocycles. The molecule has 0 fully saturated rings. The van der Waals surface area contributed by atoms with Crippen LogP contribution in [0.5, 0.6) is 17.2 Å². The van der Waals surface area contributed by atoms with Crippen molar-refractivity contribution in [2.75, 3.05) is 20.3 Å². The average Bonchev–Trinajstić information content (AvgIpc) is 2.91. The maximum absolute atomic E-state index is 12.1. The van der Waals surface area contributed by atoms with Crippen LogP contribution in [0.25, 0.3) is 0 Å². The molecular formula is C28H30N2O8. The molecular weight excluding hydrogens is 492 g/mol. The lowest BCUT2D eigenvalue weighted by Gasteiger charge is -2.15. The summed E-state index contributed by atoms with van der Waals surface area (Å²) in [4.78, 5) is 34.8. The third-order valence-corrected chi connectivity index (χ3v) is 5.42. The molecule has 10 nitrogen and oxygen atoms in total. The van der Waals surface area contributed by atoms with Crippen molar-refractivity contribution in [1.29, 1.82) is 0 Å². The third-order valence-electron chi connectivity index (χ3n) is 5.42. The lowest BCUT2D eigenvalue weighted by atomic mass is 10.1. The van der Waals surface area contributed by atoms with Crippen molar-refractivity contribution in [3.63, 3.8) is 0 Å². The molecule has 3 aromatic carbocycles. The number of hydrogen-bond acceptors (Lipinski definition) is 9. The van der Waals surface area contributed by atoms with E-state index in [2.05, 4.69) is 5.32 Å². The number of carbonyl (C=O) groups excluding carboxylic acids is 2. The normalized spacial score (nSPS) is 10.5. The molecule has 3 rings (SSSR count). The van der Waals surface area contributed by atoms with E-state index in [-0.39, 0.29) is 50.2 Å². The first-order valence-electron chi connectivity index (χ1n) is 12.1. The quantitative estimate of drug-likeness (QED) is 0.138. The van der Waals surface area contributed by atoms with Gasteiger partial charge < -0.3 is 24.3 Å². The van der Waals surface area contributed by atoms with Crippen molar-refractivity contribution in [1.82, 2.24) is 5.32 Å². The van der Waals surface area contributed by atoms with Crippen LogP contribution in [0.3, 0.4) is 0 Å². The highest BCUT2D eigenvalue weighted by atomic mass is 16.6. The SMILES string of the molecule is CCOC(=O)Cc1ccc(OC)c(Oc2ccc([N+](=O)[O-])cc2CNCCC(=O)OCc2ccccc2)c1. The van der Waals surface area contributed by atoms with Gasteiger partial charge in [-0.3, -0.25) is 19.7 Å². The Morgan fingerprint density at radius 3 is 2.37 bits per heavy atom. The van der Waals surface area contributed by atoms with Gasteiger partial charge in [0.25, 0.3) is 5.69 Å². The van der Waals surface area contributed by atoms with Gasteiger partial charge >= 0.3 is 11.9 Å². The number of rotatable bonds is 14. The maximum Gasteiger partial charge on any atom is 0.310 e. The molecule has 0 saturated heterocycles. The van der Waals surface area contributed by atoms with Crippen molar-refractivity contribution in [3.05, 3.63) is 93.5 Å². The van der Waals surface area contributed by atoms with Crippen LogP contribution < -0.4 is 14.8 Å². The Morgan fingerprint density at radius 2 is 1.66 bits per heavy atom. The van der Waals surface area contributed by atoms with E-state index in [0.717, 1.165) is 5.56 Å². The van der Waals surface area contributed by atoms with E-state index in [0.29, 0.717) is 34.9 Å². The summed E-state index contributed by atoms with van der Waals surface area (Å²) in [6.07, 6.45) is 0.185. The predicted molar refractivity (Wildman–Crippen MR) is 139 cm³/mol. The van der Waals surface area contributed by atoms with Gasteiger partial charge in [0.15, 0.2) is 11.5 Å². The largest absolute Gasteiger partial charge is 0.493 e. The smallest absolute Gasteiger partial charge is 0.310 e. The topological polar surface area (TPSA) is 126 Å². The minimum atomic E-state index is -0.491. The minimum Gasteiger partial charge on any atom is -0.493 e. The number of carbonyl (C=O) groups is 2. The number of ether oxygens (including phenoxy) is 4. The second-order valence-electron chi connectivity index (χ2n) is 8.19. The first-order chi connectivity index (χ1) is 18.4. The van der Waals surface area contributed by atoms with E-state index in [1.54, 1.807) is 25.1 Å². The Morgan fingerprint density at radius 1 is 0.895 bits per heavy atom. The van der Waals surface area contributed by atoms with Crippen LogP contribution >= 0.6 is 0 Å². The number of methoxy groups -OCH3 is 1. The fraction of sp³-hybridized carbons (Fsp3) is 0.286. The molecule has 1 N–H and O–H groups in total. The van der Waals surface area contributed by atoms with Crippen molar-refractivity contribution < 1.29 is 33.5 Å². The molecule has 0 amide bonds. The molecule has 3 aromatic rings. The first-order valence-corrected chi connectivity index (χ1v) is 12.1. The van der Waals surface area contributed by atoms with E-state index in [4.69, 9.17) is 18.9 Å². The van der Waals surface area contributed by atoms with Crippen LogP contribution in [0.15, 0.2) is 66.7 Å². The Bertz CT molecular complexity index is 1250. The number of esters is 2. The molecule has 0 aromatic heterocycles. The molecule has 0 atom stereocenters. The number of benzene rings is 3. The predicted octanol–water partition coefficient (Wildman–Crippen LogP) is 4.72.